The fourth-order valence-electron chi connectivity index (χ4n) is 4.65. The minimum Gasteiger partial charge on any atom is -0.381 e. The van der Waals surface area contributed by atoms with Crippen LogP contribution in [0.25, 0.3) is 27.7 Å². The lowest BCUT2D eigenvalue weighted by Gasteiger charge is -2.13. The largest absolute Gasteiger partial charge is 0.381 e. The average molecular weight is 565 g/mol. The molecule has 0 saturated heterocycles. The topological polar surface area (TPSA) is 147 Å². The summed E-state index contributed by atoms with van der Waals surface area (Å²) >= 11 is 6.20. The summed E-state index contributed by atoms with van der Waals surface area (Å²) in [7, 11) is 1.52. The van der Waals surface area contributed by atoms with Crippen molar-refractivity contribution in [1.29, 1.82) is 0 Å². The van der Waals surface area contributed by atoms with Crippen LogP contribution in [0.3, 0.4) is 0 Å². The van der Waals surface area contributed by atoms with Gasteiger partial charge in [-0.1, -0.05) is 23.7 Å². The van der Waals surface area contributed by atoms with Crippen LogP contribution >= 0.6 is 11.6 Å². The summed E-state index contributed by atoms with van der Waals surface area (Å²) in [5.74, 6) is -2.11. The standard InChI is InChI=1S/C27H22ClFN6O5/c1-4-34-23-18(12-20(28)32-22(23)25(37)31-15-7-10-19(29)17(11-15)24(30)36)26(38)35(34)16-8-5-14(6-9-16)21-13(2)40-33(3)27(21)39/h5-12H,4H2,1-3H3,(H2,30,36)(H,31,37). The highest BCUT2D eigenvalue weighted by Crippen LogP contribution is 2.25. The van der Waals surface area contributed by atoms with E-state index < -0.39 is 28.8 Å². The molecule has 11 nitrogen and oxygen atoms in total. The maximum absolute atomic E-state index is 13.9. The molecule has 0 radical (unpaired) electrons. The van der Waals surface area contributed by atoms with Crippen molar-refractivity contribution >= 4 is 40.0 Å². The number of aromatic nitrogens is 4. The van der Waals surface area contributed by atoms with Gasteiger partial charge in [0, 0.05) is 19.3 Å². The summed E-state index contributed by atoms with van der Waals surface area (Å²) in [4.78, 5) is 55.1. The molecule has 0 spiro atoms. The Bertz CT molecular complexity index is 1950. The first-order chi connectivity index (χ1) is 19.0. The van der Waals surface area contributed by atoms with Gasteiger partial charge in [0.15, 0.2) is 5.69 Å². The summed E-state index contributed by atoms with van der Waals surface area (Å²) in [6.07, 6.45) is 0. The van der Waals surface area contributed by atoms with Crippen molar-refractivity contribution in [3.63, 3.8) is 0 Å². The lowest BCUT2D eigenvalue weighted by Crippen LogP contribution is -2.21. The minimum atomic E-state index is -0.997. The second-order valence-electron chi connectivity index (χ2n) is 8.91. The van der Waals surface area contributed by atoms with Gasteiger partial charge in [-0.15, -0.1) is 0 Å². The molecule has 0 saturated carbocycles. The van der Waals surface area contributed by atoms with E-state index in [0.717, 1.165) is 16.9 Å². The van der Waals surface area contributed by atoms with Gasteiger partial charge >= 0.3 is 0 Å². The molecule has 204 valence electrons. The van der Waals surface area contributed by atoms with Crippen molar-refractivity contribution in [2.45, 2.75) is 20.4 Å². The van der Waals surface area contributed by atoms with Gasteiger partial charge in [0.1, 0.15) is 22.2 Å². The van der Waals surface area contributed by atoms with Crippen LogP contribution in [0, 0.1) is 12.7 Å². The first-order valence-corrected chi connectivity index (χ1v) is 12.4. The highest BCUT2D eigenvalue weighted by molar-refractivity contribution is 6.30. The summed E-state index contributed by atoms with van der Waals surface area (Å²) in [6.45, 7) is 3.75. The van der Waals surface area contributed by atoms with Crippen LogP contribution in [0.2, 0.25) is 5.15 Å². The van der Waals surface area contributed by atoms with Crippen LogP contribution in [0.5, 0.6) is 0 Å². The first kappa shape index (κ1) is 26.6. The smallest absolute Gasteiger partial charge is 0.290 e. The van der Waals surface area contributed by atoms with Crippen LogP contribution < -0.4 is 22.2 Å². The number of fused-ring (bicyclic) bond motifs is 1. The molecular weight excluding hydrogens is 543 g/mol. The molecule has 0 aliphatic carbocycles. The number of halogens is 2. The summed E-state index contributed by atoms with van der Waals surface area (Å²) in [5, 5.41) is 2.62. The fourth-order valence-corrected chi connectivity index (χ4v) is 4.84. The van der Waals surface area contributed by atoms with Crippen molar-refractivity contribution in [1.82, 2.24) is 19.1 Å². The minimum absolute atomic E-state index is 0.0892. The molecule has 3 aromatic heterocycles. The predicted octanol–water partition coefficient (Wildman–Crippen LogP) is 3.62. The molecule has 0 aliphatic rings. The number of primary amides is 1. The lowest BCUT2D eigenvalue weighted by atomic mass is 10.1. The number of carbonyl (C=O) groups excluding carboxylic acids is 2. The lowest BCUT2D eigenvalue weighted by molar-refractivity contribution is 0.0992. The normalized spacial score (nSPS) is 11.2. The molecule has 3 heterocycles. The Labute approximate surface area is 230 Å². The second kappa shape index (κ2) is 9.97. The molecule has 13 heteroatoms. The number of carbonyl (C=O) groups is 2. The van der Waals surface area contributed by atoms with E-state index in [9.17, 15) is 23.6 Å². The highest BCUT2D eigenvalue weighted by atomic mass is 35.5. The number of benzene rings is 2. The van der Waals surface area contributed by atoms with E-state index in [4.69, 9.17) is 21.9 Å². The Kier molecular flexibility index (Phi) is 6.64. The van der Waals surface area contributed by atoms with Gasteiger partial charge in [-0.25, -0.2) is 14.1 Å². The molecule has 0 unspecified atom stereocenters. The van der Waals surface area contributed by atoms with Crippen LogP contribution in [-0.2, 0) is 13.6 Å². The van der Waals surface area contributed by atoms with E-state index in [0.29, 0.717) is 22.6 Å². The van der Waals surface area contributed by atoms with Crippen molar-refractivity contribution in [3.8, 4) is 16.8 Å². The third kappa shape index (κ3) is 4.37. The number of pyridine rings is 1. The summed E-state index contributed by atoms with van der Waals surface area (Å²) in [6, 6.07) is 11.5. The van der Waals surface area contributed by atoms with E-state index in [-0.39, 0.29) is 39.5 Å². The molecule has 5 aromatic rings. The van der Waals surface area contributed by atoms with Crippen molar-refractivity contribution < 1.29 is 18.5 Å². The van der Waals surface area contributed by atoms with Crippen LogP contribution in [0.4, 0.5) is 10.1 Å². The van der Waals surface area contributed by atoms with Gasteiger partial charge < -0.3 is 15.6 Å². The molecule has 2 amide bonds. The number of anilines is 1. The maximum atomic E-state index is 13.9. The summed E-state index contributed by atoms with van der Waals surface area (Å²) in [5.41, 5.74) is 5.73. The van der Waals surface area contributed by atoms with Gasteiger partial charge in [0.05, 0.1) is 22.2 Å². The molecule has 40 heavy (non-hydrogen) atoms. The number of hydrogen-bond donors (Lipinski definition) is 2. The van der Waals surface area contributed by atoms with Gasteiger partial charge in [-0.3, -0.25) is 23.9 Å². The van der Waals surface area contributed by atoms with Crippen molar-refractivity contribution in [2.75, 3.05) is 5.32 Å². The zero-order valence-corrected chi connectivity index (χ0v) is 22.2. The predicted molar refractivity (Wildman–Crippen MR) is 147 cm³/mol. The average Bonchev–Trinajstić information content (AvgIpc) is 3.34. The number of nitrogens with two attached hydrogens (primary N) is 1. The zero-order chi connectivity index (χ0) is 28.9. The maximum Gasteiger partial charge on any atom is 0.290 e. The number of amides is 2. The molecule has 0 fully saturated rings. The van der Waals surface area contributed by atoms with Gasteiger partial charge in [-0.2, -0.15) is 4.74 Å². The first-order valence-electron chi connectivity index (χ1n) is 12.0. The molecule has 0 aliphatic heterocycles. The Hall–Kier alpha value is -4.97. The summed E-state index contributed by atoms with van der Waals surface area (Å²) < 4.78 is 23.4. The van der Waals surface area contributed by atoms with Crippen LogP contribution in [0.15, 0.2) is 62.6 Å². The van der Waals surface area contributed by atoms with Crippen molar-refractivity contribution in [3.05, 3.63) is 97.2 Å². The Balaban J connectivity index is 1.62. The molecule has 2 aromatic carbocycles. The quantitative estimate of drug-likeness (QED) is 0.301. The van der Waals surface area contributed by atoms with E-state index in [1.807, 2.05) is 0 Å². The van der Waals surface area contributed by atoms with E-state index in [1.165, 1.54) is 23.9 Å². The van der Waals surface area contributed by atoms with E-state index in [1.54, 1.807) is 42.8 Å². The Morgan fingerprint density at radius 1 is 1.10 bits per heavy atom. The molecule has 5 rings (SSSR count). The monoisotopic (exact) mass is 564 g/mol. The van der Waals surface area contributed by atoms with Gasteiger partial charge in [0.25, 0.3) is 22.9 Å². The third-order valence-electron chi connectivity index (χ3n) is 6.41. The van der Waals surface area contributed by atoms with Gasteiger partial charge in [-0.05, 0) is 55.8 Å². The highest BCUT2D eigenvalue weighted by Gasteiger charge is 2.24. The van der Waals surface area contributed by atoms with Crippen LogP contribution in [0.1, 0.15) is 33.5 Å². The number of rotatable bonds is 6. The van der Waals surface area contributed by atoms with Gasteiger partial charge in [0.2, 0.25) is 0 Å². The van der Waals surface area contributed by atoms with Crippen molar-refractivity contribution in [2.24, 2.45) is 12.8 Å². The second-order valence-corrected chi connectivity index (χ2v) is 9.29. The zero-order valence-electron chi connectivity index (χ0n) is 21.5. The molecule has 0 bridgehead atoms. The molecule has 3 N–H and O–H groups in total. The SMILES string of the molecule is CCn1c2c(C(=O)Nc3ccc(F)c(C(N)=O)c3)nc(Cl)cc2c(=O)n1-c1ccc(-c2c(C)on(C)c2=O)cc1. The Morgan fingerprint density at radius 2 is 1.80 bits per heavy atom. The number of aryl methyl sites for hydroxylation is 3. The fraction of sp³-hybridized carbons (Fsp3) is 0.148. The Morgan fingerprint density at radius 3 is 2.40 bits per heavy atom. The van der Waals surface area contributed by atoms with Crippen LogP contribution in [-0.4, -0.2) is 30.9 Å². The number of hydrogen-bond acceptors (Lipinski definition) is 6. The number of nitrogens with one attached hydrogen (secondary N) is 1. The molecule has 0 atom stereocenters. The molecular formula is C27H22ClFN6O5. The number of nitrogens with zero attached hydrogens (tertiary/aromatic N) is 4. The van der Waals surface area contributed by atoms with E-state index in [2.05, 4.69) is 10.3 Å². The van der Waals surface area contributed by atoms with E-state index >= 15 is 0 Å². The third-order valence-corrected chi connectivity index (χ3v) is 6.61.